The van der Waals surface area contributed by atoms with E-state index >= 15 is 0 Å². The summed E-state index contributed by atoms with van der Waals surface area (Å²) < 4.78 is 0. The van der Waals surface area contributed by atoms with Crippen molar-refractivity contribution in [2.24, 2.45) is 5.73 Å². The maximum Gasteiger partial charge on any atom is 0.326 e. The highest BCUT2D eigenvalue weighted by Crippen LogP contribution is 2.01. The first-order valence-electron chi connectivity index (χ1n) is 7.55. The normalized spacial score (nSPS) is 12.9. The molecule has 0 aliphatic rings. The number of hydrogen-bond acceptors (Lipinski definition) is 5. The third-order valence-corrected chi connectivity index (χ3v) is 3.04. The summed E-state index contributed by atoms with van der Waals surface area (Å²) in [5, 5.41) is 11.7. The minimum Gasteiger partial charge on any atom is -0.391 e. The molecule has 0 spiro atoms. The van der Waals surface area contributed by atoms with Gasteiger partial charge < -0.3 is 21.1 Å². The Balaban J connectivity index is 4.92. The molecule has 0 saturated heterocycles. The number of carbonyl (C=O) groups is 4. The van der Waals surface area contributed by atoms with E-state index < -0.39 is 30.0 Å². The second kappa shape index (κ2) is 10.5. The summed E-state index contributed by atoms with van der Waals surface area (Å²) in [6.07, 6.45) is 0.461. The Morgan fingerprint density at radius 3 is 2.17 bits per heavy atom. The van der Waals surface area contributed by atoms with Crippen molar-refractivity contribution in [2.45, 2.75) is 45.8 Å². The smallest absolute Gasteiger partial charge is 0.326 e. The van der Waals surface area contributed by atoms with E-state index in [0.717, 1.165) is 4.90 Å². The van der Waals surface area contributed by atoms with Gasteiger partial charge in [0.2, 0.25) is 18.2 Å². The summed E-state index contributed by atoms with van der Waals surface area (Å²) in [4.78, 5) is 48.6. The van der Waals surface area contributed by atoms with E-state index in [0.29, 0.717) is 19.3 Å². The summed E-state index contributed by atoms with van der Waals surface area (Å²) in [5.74, 6) is -1.51. The molecule has 5 amide bonds. The first kappa shape index (κ1) is 20.8. The highest BCUT2D eigenvalue weighted by molar-refractivity contribution is 5.91. The van der Waals surface area contributed by atoms with Crippen LogP contribution in [0.2, 0.25) is 0 Å². The zero-order valence-corrected chi connectivity index (χ0v) is 13.8. The van der Waals surface area contributed by atoms with Gasteiger partial charge in [0, 0.05) is 13.1 Å². The van der Waals surface area contributed by atoms with Crippen molar-refractivity contribution in [3.63, 3.8) is 0 Å². The first-order chi connectivity index (χ1) is 10.8. The standard InChI is InChI=1S/C14H26N4O5/c1-4-6-17(14(23)18(9-19)7-5-2)8-11(21)16-12(10(3)20)13(15)22/h9-10,12,20H,4-8H2,1-3H3,(H2,15,22)(H,16,21)/t10-,12?/m1/s1. The fraction of sp³-hybridized carbons (Fsp3) is 0.714. The second-order valence-electron chi connectivity index (χ2n) is 5.19. The second-order valence-corrected chi connectivity index (χ2v) is 5.19. The number of carbonyl (C=O) groups excluding carboxylic acids is 4. The van der Waals surface area contributed by atoms with Crippen LogP contribution in [0.1, 0.15) is 33.6 Å². The molecule has 0 bridgehead atoms. The van der Waals surface area contributed by atoms with Crippen LogP contribution in [0, 0.1) is 0 Å². The molecule has 1 unspecified atom stereocenters. The number of nitrogens with one attached hydrogen (secondary N) is 1. The Kier molecular flexibility index (Phi) is 9.56. The number of rotatable bonds is 10. The summed E-state index contributed by atoms with van der Waals surface area (Å²) >= 11 is 0. The van der Waals surface area contributed by atoms with E-state index in [4.69, 9.17) is 5.73 Å². The lowest BCUT2D eigenvalue weighted by atomic mass is 10.1. The molecule has 0 aromatic carbocycles. The monoisotopic (exact) mass is 330 g/mol. The number of aliphatic hydroxyl groups excluding tert-OH is 1. The number of primary amides is 1. The molecule has 0 rings (SSSR count). The molecule has 9 nitrogen and oxygen atoms in total. The fourth-order valence-corrected chi connectivity index (χ4v) is 1.95. The maximum absolute atomic E-state index is 12.2. The van der Waals surface area contributed by atoms with E-state index in [-0.39, 0.29) is 19.6 Å². The molecule has 4 N–H and O–H groups in total. The molecule has 23 heavy (non-hydrogen) atoms. The minimum absolute atomic E-state index is 0.252. The van der Waals surface area contributed by atoms with E-state index in [2.05, 4.69) is 5.32 Å². The van der Waals surface area contributed by atoms with Crippen molar-refractivity contribution < 1.29 is 24.3 Å². The van der Waals surface area contributed by atoms with Gasteiger partial charge in [-0.3, -0.25) is 19.3 Å². The molecule has 0 aromatic rings. The lowest BCUT2D eigenvalue weighted by molar-refractivity contribution is -0.130. The molecule has 0 aliphatic carbocycles. The SMILES string of the molecule is CCCN(C=O)C(=O)N(CCC)CC(=O)NC(C(N)=O)[C@@H](C)O. The van der Waals surface area contributed by atoms with Gasteiger partial charge in [0.1, 0.15) is 12.6 Å². The predicted molar refractivity (Wildman–Crippen MR) is 83.1 cm³/mol. The summed E-state index contributed by atoms with van der Waals surface area (Å²) in [5.41, 5.74) is 5.10. The Hall–Kier alpha value is -2.16. The third kappa shape index (κ3) is 7.09. The Labute approximate surface area is 135 Å². The van der Waals surface area contributed by atoms with Gasteiger partial charge in [-0.15, -0.1) is 0 Å². The number of imide groups is 1. The van der Waals surface area contributed by atoms with Crippen LogP contribution < -0.4 is 11.1 Å². The van der Waals surface area contributed by atoms with Crippen LogP contribution in [-0.2, 0) is 14.4 Å². The van der Waals surface area contributed by atoms with Crippen molar-refractivity contribution in [1.29, 1.82) is 0 Å². The molecule has 0 aromatic heterocycles. The molecule has 0 radical (unpaired) electrons. The van der Waals surface area contributed by atoms with Gasteiger partial charge in [0.25, 0.3) is 0 Å². The number of nitrogens with two attached hydrogens (primary N) is 1. The zero-order chi connectivity index (χ0) is 18.0. The van der Waals surface area contributed by atoms with Crippen molar-refractivity contribution in [3.8, 4) is 0 Å². The molecular formula is C14H26N4O5. The lowest BCUT2D eigenvalue weighted by Crippen LogP contribution is -2.54. The molecule has 0 saturated carbocycles. The van der Waals surface area contributed by atoms with Crippen LogP contribution >= 0.6 is 0 Å². The molecule has 0 heterocycles. The maximum atomic E-state index is 12.2. The van der Waals surface area contributed by atoms with Crippen LogP contribution in [0.25, 0.3) is 0 Å². The number of aliphatic hydroxyl groups is 1. The van der Waals surface area contributed by atoms with Crippen LogP contribution in [0.4, 0.5) is 4.79 Å². The highest BCUT2D eigenvalue weighted by atomic mass is 16.3. The van der Waals surface area contributed by atoms with Gasteiger partial charge in [-0.1, -0.05) is 13.8 Å². The number of amides is 5. The zero-order valence-electron chi connectivity index (χ0n) is 13.8. The van der Waals surface area contributed by atoms with Gasteiger partial charge in [-0.2, -0.15) is 0 Å². The first-order valence-corrected chi connectivity index (χ1v) is 7.55. The van der Waals surface area contributed by atoms with Crippen molar-refractivity contribution in [3.05, 3.63) is 0 Å². The minimum atomic E-state index is -1.24. The average molecular weight is 330 g/mol. The van der Waals surface area contributed by atoms with Crippen LogP contribution in [0.15, 0.2) is 0 Å². The van der Waals surface area contributed by atoms with Gasteiger partial charge in [-0.25, -0.2) is 4.79 Å². The number of urea groups is 1. The summed E-state index contributed by atoms with van der Waals surface area (Å²) in [6.45, 7) is 5.15. The van der Waals surface area contributed by atoms with E-state index in [9.17, 15) is 24.3 Å². The molecule has 0 aliphatic heterocycles. The number of hydrogen-bond donors (Lipinski definition) is 3. The lowest BCUT2D eigenvalue weighted by Gasteiger charge is -2.27. The highest BCUT2D eigenvalue weighted by Gasteiger charge is 2.26. The summed E-state index contributed by atoms with van der Waals surface area (Å²) in [7, 11) is 0. The van der Waals surface area contributed by atoms with Gasteiger partial charge in [-0.05, 0) is 19.8 Å². The Bertz CT molecular complexity index is 427. The van der Waals surface area contributed by atoms with E-state index in [1.54, 1.807) is 0 Å². The van der Waals surface area contributed by atoms with Crippen molar-refractivity contribution in [1.82, 2.24) is 15.1 Å². The molecule has 2 atom stereocenters. The predicted octanol–water partition coefficient (Wildman–Crippen LogP) is -0.962. The quantitative estimate of drug-likeness (QED) is 0.444. The van der Waals surface area contributed by atoms with Crippen molar-refractivity contribution in [2.75, 3.05) is 19.6 Å². The van der Waals surface area contributed by atoms with Gasteiger partial charge >= 0.3 is 6.03 Å². The molecule has 9 heteroatoms. The van der Waals surface area contributed by atoms with Crippen LogP contribution in [0.5, 0.6) is 0 Å². The number of nitrogens with zero attached hydrogens (tertiary/aromatic N) is 2. The third-order valence-electron chi connectivity index (χ3n) is 3.04. The largest absolute Gasteiger partial charge is 0.391 e. The average Bonchev–Trinajstić information content (AvgIpc) is 2.48. The van der Waals surface area contributed by atoms with Gasteiger partial charge in [0.15, 0.2) is 0 Å². The van der Waals surface area contributed by atoms with Crippen LogP contribution in [0.3, 0.4) is 0 Å². The van der Waals surface area contributed by atoms with E-state index in [1.165, 1.54) is 11.8 Å². The molecule has 0 fully saturated rings. The molecular weight excluding hydrogens is 304 g/mol. The Morgan fingerprint density at radius 1 is 1.22 bits per heavy atom. The summed E-state index contributed by atoms with van der Waals surface area (Å²) in [6, 6.07) is -1.81. The fourth-order valence-electron chi connectivity index (χ4n) is 1.95. The van der Waals surface area contributed by atoms with E-state index in [1.807, 2.05) is 13.8 Å². The topological polar surface area (TPSA) is 133 Å². The van der Waals surface area contributed by atoms with Gasteiger partial charge in [0.05, 0.1) is 6.10 Å². The van der Waals surface area contributed by atoms with Crippen molar-refractivity contribution >= 4 is 24.3 Å². The Morgan fingerprint density at radius 2 is 1.78 bits per heavy atom. The molecule has 132 valence electrons. The van der Waals surface area contributed by atoms with Crippen LogP contribution in [-0.4, -0.2) is 70.9 Å².